The lowest BCUT2D eigenvalue weighted by atomic mass is 10.0. The summed E-state index contributed by atoms with van der Waals surface area (Å²) in [6.45, 7) is 7.33. The summed E-state index contributed by atoms with van der Waals surface area (Å²) in [5.41, 5.74) is 4.45. The lowest BCUT2D eigenvalue weighted by Crippen LogP contribution is -2.49. The minimum Gasteiger partial charge on any atom is -0.462 e. The fourth-order valence-corrected chi connectivity index (χ4v) is 4.90. The largest absolute Gasteiger partial charge is 0.462 e. The Hall–Kier alpha value is -3.49. The van der Waals surface area contributed by atoms with Gasteiger partial charge < -0.3 is 14.6 Å². The molecule has 0 unspecified atom stereocenters. The van der Waals surface area contributed by atoms with Gasteiger partial charge in [-0.25, -0.2) is 4.79 Å². The fraction of sp³-hybridized carbons (Fsp3) is 0.370. The first kappa shape index (κ1) is 23.3. The normalized spacial score (nSPS) is 17.1. The fourth-order valence-electron chi connectivity index (χ4n) is 4.90. The quantitative estimate of drug-likeness (QED) is 0.555. The van der Waals surface area contributed by atoms with Crippen LogP contribution in [0, 0.1) is 0 Å². The molecule has 1 N–H and O–H groups in total. The molecule has 1 amide bonds. The third kappa shape index (κ3) is 5.13. The van der Waals surface area contributed by atoms with Gasteiger partial charge in [0, 0.05) is 68.8 Å². The zero-order valence-electron chi connectivity index (χ0n) is 20.1. The van der Waals surface area contributed by atoms with E-state index >= 15 is 0 Å². The first-order chi connectivity index (χ1) is 17.1. The highest BCUT2D eigenvalue weighted by atomic mass is 16.5. The molecule has 1 fully saturated rings. The first-order valence-electron chi connectivity index (χ1n) is 12.2. The van der Waals surface area contributed by atoms with Crippen LogP contribution in [-0.4, -0.2) is 82.4 Å². The van der Waals surface area contributed by atoms with E-state index in [1.165, 1.54) is 5.56 Å². The summed E-state index contributed by atoms with van der Waals surface area (Å²) in [4.78, 5) is 39.9. The molecule has 4 heterocycles. The number of aromatic amines is 1. The summed E-state index contributed by atoms with van der Waals surface area (Å²) >= 11 is 0. The van der Waals surface area contributed by atoms with Crippen LogP contribution in [0.15, 0.2) is 55.0 Å². The van der Waals surface area contributed by atoms with Crippen molar-refractivity contribution < 1.29 is 14.3 Å². The Morgan fingerprint density at radius 1 is 1.00 bits per heavy atom. The van der Waals surface area contributed by atoms with Gasteiger partial charge in [0.25, 0.3) is 0 Å². The molecule has 0 saturated carbocycles. The second-order valence-electron chi connectivity index (χ2n) is 9.03. The van der Waals surface area contributed by atoms with Gasteiger partial charge in [0.1, 0.15) is 0 Å². The summed E-state index contributed by atoms with van der Waals surface area (Å²) in [6.07, 6.45) is 6.00. The molecule has 8 heteroatoms. The van der Waals surface area contributed by atoms with Crippen molar-refractivity contribution in [3.63, 3.8) is 0 Å². The third-order valence-corrected chi connectivity index (χ3v) is 6.77. The summed E-state index contributed by atoms with van der Waals surface area (Å²) in [6, 6.07) is 12.1. The molecule has 2 aliphatic rings. The number of fused-ring (bicyclic) bond motifs is 3. The molecule has 8 nitrogen and oxygen atoms in total. The molecule has 0 spiro atoms. The first-order valence-corrected chi connectivity index (χ1v) is 12.2. The van der Waals surface area contributed by atoms with Crippen LogP contribution >= 0.6 is 0 Å². The molecule has 2 aliphatic heterocycles. The number of carbonyl (C=O) groups is 2. The average molecular weight is 474 g/mol. The van der Waals surface area contributed by atoms with Crippen molar-refractivity contribution in [3.8, 4) is 0 Å². The summed E-state index contributed by atoms with van der Waals surface area (Å²) in [5.74, 6) is -0.409. The number of piperazine rings is 1. The lowest BCUT2D eigenvalue weighted by Gasteiger charge is -2.35. The molecule has 2 aromatic heterocycles. The number of carbonyl (C=O) groups excluding carboxylic acids is 2. The Labute approximate surface area is 205 Å². The molecule has 1 aromatic carbocycles. The third-order valence-electron chi connectivity index (χ3n) is 6.77. The van der Waals surface area contributed by atoms with Gasteiger partial charge >= 0.3 is 5.97 Å². The summed E-state index contributed by atoms with van der Waals surface area (Å²) < 4.78 is 5.34. The molecule has 0 radical (unpaired) electrons. The number of benzene rings is 1. The van der Waals surface area contributed by atoms with E-state index < -0.39 is 5.97 Å². The number of nitrogens with one attached hydrogen (secondary N) is 1. The van der Waals surface area contributed by atoms with E-state index in [-0.39, 0.29) is 12.5 Å². The minimum absolute atomic E-state index is 0.00356. The van der Waals surface area contributed by atoms with Crippen molar-refractivity contribution >= 4 is 28.4 Å². The van der Waals surface area contributed by atoms with E-state index in [1.54, 1.807) is 18.0 Å². The molecular formula is C27H31N5O3. The van der Waals surface area contributed by atoms with E-state index in [2.05, 4.69) is 25.8 Å². The molecule has 1 saturated heterocycles. The van der Waals surface area contributed by atoms with E-state index in [4.69, 9.17) is 4.74 Å². The minimum atomic E-state index is -0.412. The summed E-state index contributed by atoms with van der Waals surface area (Å²) in [7, 11) is 0. The van der Waals surface area contributed by atoms with E-state index in [0.717, 1.165) is 54.9 Å². The van der Waals surface area contributed by atoms with Crippen molar-refractivity contribution in [2.24, 2.45) is 0 Å². The standard InChI is InChI=1S/C27H31N5O3/c1-2-35-27(34)23-18-32(12-9-22-21-5-3-4-6-24(21)29-26(22)23)25(33)19-31-15-13-30(14-16-31)17-20-7-10-28-11-8-20/h3-8,10-11,18,29H,2,9,12-17,19H2,1H3. The van der Waals surface area contributed by atoms with E-state index in [9.17, 15) is 9.59 Å². The molecule has 5 rings (SSSR count). The monoisotopic (exact) mass is 473 g/mol. The van der Waals surface area contributed by atoms with Crippen molar-refractivity contribution in [2.75, 3.05) is 45.9 Å². The highest BCUT2D eigenvalue weighted by molar-refractivity contribution is 6.18. The maximum atomic E-state index is 13.3. The van der Waals surface area contributed by atoms with E-state index in [1.807, 2.05) is 42.7 Å². The lowest BCUT2D eigenvalue weighted by molar-refractivity contribution is -0.136. The second-order valence-corrected chi connectivity index (χ2v) is 9.03. The Morgan fingerprint density at radius 2 is 1.74 bits per heavy atom. The molecular weight excluding hydrogens is 442 g/mol. The maximum Gasteiger partial charge on any atom is 0.341 e. The van der Waals surface area contributed by atoms with Gasteiger partial charge in [-0.15, -0.1) is 0 Å². The molecule has 182 valence electrons. The molecule has 0 bridgehead atoms. The second kappa shape index (κ2) is 10.4. The van der Waals surface area contributed by atoms with Crippen molar-refractivity contribution in [3.05, 3.63) is 71.8 Å². The van der Waals surface area contributed by atoms with Crippen LogP contribution in [0.1, 0.15) is 23.7 Å². The maximum absolute atomic E-state index is 13.3. The number of hydrogen-bond donors (Lipinski definition) is 1. The van der Waals surface area contributed by atoms with E-state index in [0.29, 0.717) is 25.1 Å². The highest BCUT2D eigenvalue weighted by Gasteiger charge is 2.28. The SMILES string of the molecule is CCOC(=O)C1=CN(C(=O)CN2CCN(Cc3ccncc3)CC2)CCc2c1[nH]c1ccccc21. The van der Waals surface area contributed by atoms with Crippen LogP contribution in [-0.2, 0) is 27.3 Å². The van der Waals surface area contributed by atoms with Gasteiger partial charge in [-0.2, -0.15) is 0 Å². The zero-order chi connectivity index (χ0) is 24.2. The van der Waals surface area contributed by atoms with Gasteiger partial charge in [-0.3, -0.25) is 19.6 Å². The Bertz CT molecular complexity index is 1230. The summed E-state index contributed by atoms with van der Waals surface area (Å²) in [5, 5.41) is 1.08. The van der Waals surface area contributed by atoms with Crippen LogP contribution in [0.25, 0.3) is 16.5 Å². The topological polar surface area (TPSA) is 81.8 Å². The van der Waals surface area contributed by atoms with Crippen LogP contribution < -0.4 is 0 Å². The Kier molecular flexibility index (Phi) is 6.92. The van der Waals surface area contributed by atoms with Gasteiger partial charge in [0.15, 0.2) is 0 Å². The number of para-hydroxylation sites is 1. The number of hydrogen-bond acceptors (Lipinski definition) is 6. The zero-order valence-corrected chi connectivity index (χ0v) is 20.1. The van der Waals surface area contributed by atoms with Gasteiger partial charge in [-0.1, -0.05) is 18.2 Å². The van der Waals surface area contributed by atoms with Crippen molar-refractivity contribution in [2.45, 2.75) is 19.9 Å². The number of nitrogens with zero attached hydrogens (tertiary/aromatic N) is 4. The predicted molar refractivity (Wildman–Crippen MR) is 134 cm³/mol. The number of pyridine rings is 1. The van der Waals surface area contributed by atoms with Crippen molar-refractivity contribution in [1.29, 1.82) is 0 Å². The number of aromatic nitrogens is 2. The molecule has 0 atom stereocenters. The Morgan fingerprint density at radius 3 is 2.51 bits per heavy atom. The van der Waals surface area contributed by atoms with Crippen LogP contribution in [0.5, 0.6) is 0 Å². The van der Waals surface area contributed by atoms with Crippen LogP contribution in [0.4, 0.5) is 0 Å². The van der Waals surface area contributed by atoms with Gasteiger partial charge in [0.2, 0.25) is 5.91 Å². The number of rotatable bonds is 6. The number of esters is 1. The van der Waals surface area contributed by atoms with Crippen LogP contribution in [0.3, 0.4) is 0 Å². The average Bonchev–Trinajstić information content (AvgIpc) is 3.13. The van der Waals surface area contributed by atoms with Gasteiger partial charge in [-0.05, 0) is 42.7 Å². The highest BCUT2D eigenvalue weighted by Crippen LogP contribution is 2.31. The Balaban J connectivity index is 1.27. The van der Waals surface area contributed by atoms with Crippen LogP contribution in [0.2, 0.25) is 0 Å². The van der Waals surface area contributed by atoms with Gasteiger partial charge in [0.05, 0.1) is 24.4 Å². The molecule has 3 aromatic rings. The number of ether oxygens (including phenoxy) is 1. The number of amides is 1. The smallest absolute Gasteiger partial charge is 0.341 e. The molecule has 0 aliphatic carbocycles. The predicted octanol–water partition coefficient (Wildman–Crippen LogP) is 2.67. The number of H-pyrrole nitrogens is 1. The van der Waals surface area contributed by atoms with Crippen molar-refractivity contribution in [1.82, 2.24) is 24.7 Å². The molecule has 35 heavy (non-hydrogen) atoms.